The normalized spacial score (nSPS) is 10.8. The van der Waals surface area contributed by atoms with Crippen molar-refractivity contribution in [3.63, 3.8) is 0 Å². The van der Waals surface area contributed by atoms with Crippen LogP contribution in [0.1, 0.15) is 79.1 Å². The van der Waals surface area contributed by atoms with Gasteiger partial charge in [-0.25, -0.2) is 0 Å². The van der Waals surface area contributed by atoms with Crippen LogP contribution in [0.5, 0.6) is 0 Å². The fourth-order valence-electron chi connectivity index (χ4n) is 2.32. The molecule has 6 heteroatoms. The molecule has 2 amide bonds. The highest BCUT2D eigenvalue weighted by molar-refractivity contribution is 8.13. The Labute approximate surface area is 170 Å². The minimum absolute atomic E-state index is 0.174. The predicted molar refractivity (Wildman–Crippen MR) is 118 cm³/mol. The molecular weight excluding hydrogens is 364 g/mol. The predicted octanol–water partition coefficient (Wildman–Crippen LogP) is 6.50. The van der Waals surface area contributed by atoms with Crippen molar-refractivity contribution in [2.24, 2.45) is 0 Å². The van der Waals surface area contributed by atoms with Gasteiger partial charge in [0.2, 0.25) is 0 Å². The monoisotopic (exact) mass is 404 g/mol. The lowest BCUT2D eigenvalue weighted by Gasteiger charge is -2.27. The summed E-state index contributed by atoms with van der Waals surface area (Å²) in [4.78, 5) is 28.9. The number of carbonyl (C=O) groups excluding carboxylic acids is 2. The largest absolute Gasteiger partial charge is 0.332 e. The zero-order chi connectivity index (χ0) is 19.6. The van der Waals surface area contributed by atoms with Gasteiger partial charge in [0.1, 0.15) is 0 Å². The SMILES string of the molecule is CCCCSC(=O)N(CCCC)CCN(CCCC)C(=O)SCCCC. The number of nitrogens with zero attached hydrogens (tertiary/aromatic N) is 2. The van der Waals surface area contributed by atoms with Crippen molar-refractivity contribution in [1.82, 2.24) is 9.80 Å². The Morgan fingerprint density at radius 3 is 1.23 bits per heavy atom. The number of rotatable bonds is 15. The van der Waals surface area contributed by atoms with Crippen LogP contribution in [-0.2, 0) is 0 Å². The molecule has 0 heterocycles. The summed E-state index contributed by atoms with van der Waals surface area (Å²) >= 11 is 2.87. The van der Waals surface area contributed by atoms with E-state index in [-0.39, 0.29) is 10.5 Å². The average molecular weight is 405 g/mol. The van der Waals surface area contributed by atoms with E-state index in [9.17, 15) is 9.59 Å². The van der Waals surface area contributed by atoms with E-state index >= 15 is 0 Å². The number of thioether (sulfide) groups is 2. The highest BCUT2D eigenvalue weighted by Crippen LogP contribution is 2.15. The van der Waals surface area contributed by atoms with Crippen LogP contribution in [0.15, 0.2) is 0 Å². The fraction of sp³-hybridized carbons (Fsp3) is 0.900. The Morgan fingerprint density at radius 2 is 0.923 bits per heavy atom. The molecule has 0 aromatic rings. The minimum atomic E-state index is 0.174. The molecule has 0 N–H and O–H groups in total. The first-order chi connectivity index (χ1) is 12.6. The number of hydrogen-bond donors (Lipinski definition) is 0. The third kappa shape index (κ3) is 12.9. The summed E-state index contributed by atoms with van der Waals surface area (Å²) in [7, 11) is 0. The molecule has 26 heavy (non-hydrogen) atoms. The second kappa shape index (κ2) is 18.0. The third-order valence-corrected chi connectivity index (χ3v) is 6.16. The Kier molecular flexibility index (Phi) is 17.8. The molecule has 0 fully saturated rings. The van der Waals surface area contributed by atoms with Crippen molar-refractivity contribution in [3.8, 4) is 0 Å². The summed E-state index contributed by atoms with van der Waals surface area (Å²) in [6, 6.07) is 0. The van der Waals surface area contributed by atoms with E-state index in [0.29, 0.717) is 13.1 Å². The second-order valence-electron chi connectivity index (χ2n) is 6.62. The molecule has 0 aliphatic heterocycles. The maximum atomic E-state index is 12.5. The second-order valence-corrected chi connectivity index (χ2v) is 8.71. The quantitative estimate of drug-likeness (QED) is 0.292. The fourth-order valence-corrected chi connectivity index (χ4v) is 4.26. The molecule has 0 aromatic carbocycles. The Hall–Kier alpha value is -0.360. The van der Waals surface area contributed by atoms with Crippen molar-refractivity contribution in [2.45, 2.75) is 79.1 Å². The molecular formula is C20H40N2O2S2. The molecule has 0 radical (unpaired) electrons. The van der Waals surface area contributed by atoms with Crippen LogP contribution in [0.3, 0.4) is 0 Å². The molecule has 0 aliphatic rings. The smallest absolute Gasteiger partial charge is 0.281 e. The lowest BCUT2D eigenvalue weighted by molar-refractivity contribution is 0.199. The van der Waals surface area contributed by atoms with E-state index in [2.05, 4.69) is 27.7 Å². The molecule has 0 atom stereocenters. The van der Waals surface area contributed by atoms with Crippen molar-refractivity contribution in [2.75, 3.05) is 37.7 Å². The maximum absolute atomic E-state index is 12.5. The standard InChI is InChI=1S/C20H40N2O2S2/c1-5-9-13-21(19(23)25-17-11-7-3)15-16-22(14-10-6-2)20(24)26-18-12-8-4/h5-18H2,1-4H3. The van der Waals surface area contributed by atoms with Crippen molar-refractivity contribution in [3.05, 3.63) is 0 Å². The van der Waals surface area contributed by atoms with Crippen LogP contribution in [0.2, 0.25) is 0 Å². The lowest BCUT2D eigenvalue weighted by atomic mass is 10.3. The summed E-state index contributed by atoms with van der Waals surface area (Å²) in [5.74, 6) is 1.78. The van der Waals surface area contributed by atoms with Gasteiger partial charge in [0.25, 0.3) is 10.5 Å². The van der Waals surface area contributed by atoms with E-state index in [1.54, 1.807) is 0 Å². The molecule has 4 nitrogen and oxygen atoms in total. The highest BCUT2D eigenvalue weighted by atomic mass is 32.2. The first-order valence-corrected chi connectivity index (χ1v) is 12.4. The number of hydrogen-bond acceptors (Lipinski definition) is 4. The van der Waals surface area contributed by atoms with Gasteiger partial charge < -0.3 is 9.80 Å². The lowest BCUT2D eigenvalue weighted by Crippen LogP contribution is -2.39. The molecule has 0 aliphatic carbocycles. The van der Waals surface area contributed by atoms with E-state index in [4.69, 9.17) is 0 Å². The molecule has 0 rings (SSSR count). The Morgan fingerprint density at radius 1 is 0.577 bits per heavy atom. The van der Waals surface area contributed by atoms with Gasteiger partial charge in [-0.3, -0.25) is 9.59 Å². The number of carbonyl (C=O) groups is 2. The molecule has 0 aromatic heterocycles. The maximum Gasteiger partial charge on any atom is 0.281 e. The Bertz CT molecular complexity index is 334. The van der Waals surface area contributed by atoms with E-state index < -0.39 is 0 Å². The molecule has 0 spiro atoms. The molecule has 0 saturated carbocycles. The van der Waals surface area contributed by atoms with Crippen molar-refractivity contribution < 1.29 is 9.59 Å². The van der Waals surface area contributed by atoms with E-state index in [1.807, 2.05) is 9.80 Å². The topological polar surface area (TPSA) is 40.6 Å². The van der Waals surface area contributed by atoms with Crippen molar-refractivity contribution >= 4 is 34.0 Å². The number of unbranched alkanes of at least 4 members (excludes halogenated alkanes) is 4. The van der Waals surface area contributed by atoms with E-state index in [0.717, 1.165) is 76.0 Å². The van der Waals surface area contributed by atoms with Crippen LogP contribution in [0.25, 0.3) is 0 Å². The van der Waals surface area contributed by atoms with Gasteiger partial charge in [-0.1, -0.05) is 76.9 Å². The number of amides is 2. The third-order valence-electron chi connectivity index (χ3n) is 4.17. The van der Waals surface area contributed by atoms with Gasteiger partial charge in [0.15, 0.2) is 0 Å². The van der Waals surface area contributed by atoms with Gasteiger partial charge in [-0.15, -0.1) is 0 Å². The minimum Gasteiger partial charge on any atom is -0.332 e. The van der Waals surface area contributed by atoms with Crippen LogP contribution in [-0.4, -0.2) is 58.0 Å². The van der Waals surface area contributed by atoms with Gasteiger partial charge in [-0.2, -0.15) is 0 Å². The molecule has 0 saturated heterocycles. The van der Waals surface area contributed by atoms with Gasteiger partial charge in [-0.05, 0) is 25.7 Å². The van der Waals surface area contributed by atoms with Crippen LogP contribution in [0, 0.1) is 0 Å². The van der Waals surface area contributed by atoms with E-state index in [1.165, 1.54) is 23.5 Å². The van der Waals surface area contributed by atoms with Gasteiger partial charge >= 0.3 is 0 Å². The zero-order valence-corrected chi connectivity index (χ0v) is 19.1. The average Bonchev–Trinajstić information content (AvgIpc) is 2.64. The summed E-state index contributed by atoms with van der Waals surface area (Å²) < 4.78 is 0. The summed E-state index contributed by atoms with van der Waals surface area (Å²) in [5.41, 5.74) is 0. The zero-order valence-electron chi connectivity index (χ0n) is 17.4. The first-order valence-electron chi connectivity index (χ1n) is 10.4. The van der Waals surface area contributed by atoms with Crippen LogP contribution < -0.4 is 0 Å². The Balaban J connectivity index is 4.63. The highest BCUT2D eigenvalue weighted by Gasteiger charge is 2.18. The summed E-state index contributed by atoms with van der Waals surface area (Å²) in [5, 5.41) is 0.349. The first kappa shape index (κ1) is 25.6. The summed E-state index contributed by atoms with van der Waals surface area (Å²) in [6.07, 6.45) is 8.58. The van der Waals surface area contributed by atoms with Crippen LogP contribution >= 0.6 is 23.5 Å². The van der Waals surface area contributed by atoms with Gasteiger partial charge in [0, 0.05) is 37.7 Å². The molecule has 0 bridgehead atoms. The van der Waals surface area contributed by atoms with Gasteiger partial charge in [0.05, 0.1) is 0 Å². The molecule has 154 valence electrons. The molecule has 0 unspecified atom stereocenters. The van der Waals surface area contributed by atoms with Crippen LogP contribution in [0.4, 0.5) is 9.59 Å². The van der Waals surface area contributed by atoms with Crippen molar-refractivity contribution in [1.29, 1.82) is 0 Å². The summed E-state index contributed by atoms with van der Waals surface area (Å²) in [6.45, 7) is 11.5.